The monoisotopic (exact) mass is 339 g/mol. The fraction of sp³-hybridized carbons (Fsp3) is 0.0625. The van der Waals surface area contributed by atoms with E-state index in [1.165, 1.54) is 16.0 Å². The molecule has 0 radical (unpaired) electrons. The molecule has 0 spiro atoms. The molecule has 0 aliphatic carbocycles. The molecule has 0 unspecified atom stereocenters. The molecule has 0 bridgehead atoms. The van der Waals surface area contributed by atoms with Gasteiger partial charge >= 0.3 is 0 Å². The number of nitriles is 1. The van der Waals surface area contributed by atoms with Crippen molar-refractivity contribution in [2.45, 2.75) is 0 Å². The third kappa shape index (κ3) is 3.06. The van der Waals surface area contributed by atoms with Gasteiger partial charge in [-0.25, -0.2) is 4.68 Å². The van der Waals surface area contributed by atoms with Crippen LogP contribution in [0.3, 0.4) is 0 Å². The lowest BCUT2D eigenvalue weighted by molar-refractivity contribution is 0.103. The van der Waals surface area contributed by atoms with Gasteiger partial charge in [0.05, 0.1) is 23.9 Å². The highest BCUT2D eigenvalue weighted by Crippen LogP contribution is 2.22. The topological polar surface area (TPSA) is 106 Å². The van der Waals surface area contributed by atoms with Crippen molar-refractivity contribution >= 4 is 28.7 Å². The molecule has 3 N–H and O–H groups in total. The quantitative estimate of drug-likeness (QED) is 0.760. The van der Waals surface area contributed by atoms with Crippen molar-refractivity contribution in [3.8, 4) is 17.5 Å². The number of nitrogens with zero attached hydrogens (tertiary/aromatic N) is 3. The van der Waals surface area contributed by atoms with E-state index in [1.807, 2.05) is 6.07 Å². The minimum Gasteiger partial charge on any atom is -0.496 e. The van der Waals surface area contributed by atoms with Gasteiger partial charge in [-0.05, 0) is 24.3 Å². The Kier molecular flexibility index (Phi) is 4.18. The average Bonchev–Trinajstić information content (AvgIpc) is 3.22. The van der Waals surface area contributed by atoms with Crippen molar-refractivity contribution in [1.82, 2.24) is 9.78 Å². The number of hydrogen-bond acceptors (Lipinski definition) is 6. The zero-order chi connectivity index (χ0) is 17.1. The fourth-order valence-corrected chi connectivity index (χ4v) is 2.79. The van der Waals surface area contributed by atoms with E-state index in [-0.39, 0.29) is 11.7 Å². The summed E-state index contributed by atoms with van der Waals surface area (Å²) in [6, 6.07) is 10.7. The molecular formula is C16H13N5O2S. The van der Waals surface area contributed by atoms with E-state index in [0.717, 1.165) is 5.69 Å². The van der Waals surface area contributed by atoms with Crippen LogP contribution in [0.5, 0.6) is 5.75 Å². The van der Waals surface area contributed by atoms with Crippen molar-refractivity contribution in [3.05, 3.63) is 52.3 Å². The maximum absolute atomic E-state index is 12.2. The van der Waals surface area contributed by atoms with Crippen LogP contribution in [0.25, 0.3) is 5.69 Å². The first-order valence-electron chi connectivity index (χ1n) is 6.90. The molecule has 0 atom stereocenters. The minimum atomic E-state index is -0.203. The molecule has 7 nitrogen and oxygen atoms in total. The van der Waals surface area contributed by atoms with E-state index in [2.05, 4.69) is 10.4 Å². The first-order chi connectivity index (χ1) is 11.6. The number of benzene rings is 1. The van der Waals surface area contributed by atoms with Crippen LogP contribution in [0.15, 0.2) is 41.9 Å². The number of nitrogen functional groups attached to an aromatic ring is 1. The van der Waals surface area contributed by atoms with Crippen molar-refractivity contribution in [2.24, 2.45) is 0 Å². The van der Waals surface area contributed by atoms with E-state index in [4.69, 9.17) is 15.7 Å². The van der Waals surface area contributed by atoms with Crippen molar-refractivity contribution in [1.29, 1.82) is 5.26 Å². The number of rotatable bonds is 4. The van der Waals surface area contributed by atoms with Crippen molar-refractivity contribution < 1.29 is 9.53 Å². The van der Waals surface area contributed by atoms with Gasteiger partial charge in [0, 0.05) is 17.1 Å². The van der Waals surface area contributed by atoms with Gasteiger partial charge in [0.25, 0.3) is 5.91 Å². The Balaban J connectivity index is 1.74. The van der Waals surface area contributed by atoms with Gasteiger partial charge in [-0.1, -0.05) is 0 Å². The van der Waals surface area contributed by atoms with E-state index in [9.17, 15) is 4.79 Å². The largest absolute Gasteiger partial charge is 0.496 e. The number of carbonyl (C=O) groups excluding carboxylic acids is 1. The second-order valence-electron chi connectivity index (χ2n) is 4.84. The number of hydrogen-bond donors (Lipinski definition) is 2. The smallest absolute Gasteiger partial charge is 0.265 e. The predicted molar refractivity (Wildman–Crippen MR) is 91.5 cm³/mol. The molecule has 0 saturated heterocycles. The molecule has 1 amide bonds. The maximum atomic E-state index is 12.2. The highest BCUT2D eigenvalue weighted by molar-refractivity contribution is 7.12. The van der Waals surface area contributed by atoms with Crippen LogP contribution in [0.4, 0.5) is 11.5 Å². The van der Waals surface area contributed by atoms with Crippen molar-refractivity contribution in [3.63, 3.8) is 0 Å². The van der Waals surface area contributed by atoms with E-state index < -0.39 is 0 Å². The highest BCUT2D eigenvalue weighted by Gasteiger charge is 2.10. The Bertz CT molecular complexity index is 921. The summed E-state index contributed by atoms with van der Waals surface area (Å²) < 4.78 is 6.59. The molecule has 8 heteroatoms. The lowest BCUT2D eigenvalue weighted by Crippen LogP contribution is -2.10. The number of nitrogens with two attached hydrogens (primary N) is 1. The number of amides is 1. The number of carbonyl (C=O) groups is 1. The van der Waals surface area contributed by atoms with Gasteiger partial charge in [0.2, 0.25) is 0 Å². The summed E-state index contributed by atoms with van der Waals surface area (Å²) in [7, 11) is 1.56. The van der Waals surface area contributed by atoms with Crippen LogP contribution in [-0.2, 0) is 0 Å². The summed E-state index contributed by atoms with van der Waals surface area (Å²) in [5.74, 6) is 0.637. The second-order valence-corrected chi connectivity index (χ2v) is 5.75. The lowest BCUT2D eigenvalue weighted by Gasteiger charge is -2.05. The van der Waals surface area contributed by atoms with E-state index in [0.29, 0.717) is 21.9 Å². The third-order valence-corrected chi connectivity index (χ3v) is 4.20. The Hall–Kier alpha value is -3.31. The van der Waals surface area contributed by atoms with Gasteiger partial charge in [-0.15, -0.1) is 16.4 Å². The van der Waals surface area contributed by atoms with Crippen LogP contribution in [-0.4, -0.2) is 22.8 Å². The number of aromatic nitrogens is 2. The SMILES string of the molecule is COc1csc(C(=O)Nc2ccc(-n3cc(C#N)c(N)n3)cc2)c1. The number of thiophene rings is 1. The molecule has 3 rings (SSSR count). The standard InChI is InChI=1S/C16H13N5O2S/c1-23-13-6-14(24-9-13)16(22)19-11-2-4-12(5-3-11)21-8-10(7-17)15(18)20-21/h2-6,8-9H,1H3,(H2,18,20)(H,19,22). The molecule has 2 aromatic heterocycles. The zero-order valence-electron chi connectivity index (χ0n) is 12.7. The fourth-order valence-electron chi connectivity index (χ4n) is 2.04. The Morgan fingerprint density at radius 2 is 2.17 bits per heavy atom. The Morgan fingerprint density at radius 3 is 2.75 bits per heavy atom. The van der Waals surface area contributed by atoms with E-state index >= 15 is 0 Å². The second kappa shape index (κ2) is 6.44. The molecule has 120 valence electrons. The zero-order valence-corrected chi connectivity index (χ0v) is 13.5. The summed E-state index contributed by atoms with van der Waals surface area (Å²) in [4.78, 5) is 12.7. The van der Waals surface area contributed by atoms with Crippen LogP contribution < -0.4 is 15.8 Å². The predicted octanol–water partition coefficient (Wildman–Crippen LogP) is 2.65. The van der Waals surface area contributed by atoms with Gasteiger partial charge in [-0.2, -0.15) is 5.26 Å². The average molecular weight is 339 g/mol. The minimum absolute atomic E-state index is 0.182. The highest BCUT2D eigenvalue weighted by atomic mass is 32.1. The van der Waals surface area contributed by atoms with E-state index in [1.54, 1.807) is 49.0 Å². The molecule has 0 aliphatic rings. The molecule has 0 saturated carbocycles. The van der Waals surface area contributed by atoms with Gasteiger partial charge in [0.15, 0.2) is 5.82 Å². The maximum Gasteiger partial charge on any atom is 0.265 e. The first-order valence-corrected chi connectivity index (χ1v) is 7.78. The van der Waals surface area contributed by atoms with Crippen LogP contribution >= 0.6 is 11.3 Å². The van der Waals surface area contributed by atoms with Gasteiger partial charge in [0.1, 0.15) is 17.4 Å². The molecule has 1 aromatic carbocycles. The first kappa shape index (κ1) is 15.6. The van der Waals surface area contributed by atoms with Crippen LogP contribution in [0.1, 0.15) is 15.2 Å². The summed E-state index contributed by atoms with van der Waals surface area (Å²) in [5.41, 5.74) is 7.35. The number of nitrogens with one attached hydrogen (secondary N) is 1. The number of anilines is 2. The Morgan fingerprint density at radius 1 is 1.42 bits per heavy atom. The van der Waals surface area contributed by atoms with Crippen LogP contribution in [0, 0.1) is 11.3 Å². The number of methoxy groups -OCH3 is 1. The molecule has 3 aromatic rings. The number of ether oxygens (including phenoxy) is 1. The lowest BCUT2D eigenvalue weighted by atomic mass is 10.2. The summed E-state index contributed by atoms with van der Waals surface area (Å²) in [5, 5.41) is 17.6. The molecular weight excluding hydrogens is 326 g/mol. The van der Waals surface area contributed by atoms with Gasteiger partial charge in [-0.3, -0.25) is 4.79 Å². The molecule has 2 heterocycles. The van der Waals surface area contributed by atoms with Crippen molar-refractivity contribution in [2.75, 3.05) is 18.2 Å². The third-order valence-electron chi connectivity index (χ3n) is 3.29. The summed E-state index contributed by atoms with van der Waals surface area (Å²) in [6.45, 7) is 0. The van der Waals surface area contributed by atoms with Crippen LogP contribution in [0.2, 0.25) is 0 Å². The van der Waals surface area contributed by atoms with Gasteiger partial charge < -0.3 is 15.8 Å². The molecule has 0 fully saturated rings. The Labute approximate surface area is 141 Å². The summed E-state index contributed by atoms with van der Waals surface area (Å²) in [6.07, 6.45) is 1.56. The summed E-state index contributed by atoms with van der Waals surface area (Å²) >= 11 is 1.31. The molecule has 0 aliphatic heterocycles. The normalized spacial score (nSPS) is 10.2. The molecule has 24 heavy (non-hydrogen) atoms.